The molecule has 4 nitrogen and oxygen atoms in total. The van der Waals surface area contributed by atoms with Gasteiger partial charge in [-0.1, -0.05) is 0 Å². The summed E-state index contributed by atoms with van der Waals surface area (Å²) < 4.78 is 0. The van der Waals surface area contributed by atoms with Crippen LogP contribution in [0.5, 0.6) is 0 Å². The third-order valence-electron chi connectivity index (χ3n) is 4.00. The number of hydrogen-bond donors (Lipinski definition) is 1. The molecule has 1 N–H and O–H groups in total. The first-order chi connectivity index (χ1) is 8.36. The first kappa shape index (κ1) is 11.0. The second-order valence-corrected chi connectivity index (χ2v) is 5.09. The van der Waals surface area contributed by atoms with Gasteiger partial charge in [-0.15, -0.1) is 0 Å². The molecule has 92 valence electrons. The van der Waals surface area contributed by atoms with Crippen molar-refractivity contribution in [3.8, 4) is 0 Å². The van der Waals surface area contributed by atoms with Crippen LogP contribution >= 0.6 is 0 Å². The molecule has 1 saturated heterocycles. The van der Waals surface area contributed by atoms with E-state index in [1.54, 1.807) is 6.33 Å². The van der Waals surface area contributed by atoms with Crippen LogP contribution < -0.4 is 10.2 Å². The van der Waals surface area contributed by atoms with Crippen molar-refractivity contribution in [2.45, 2.75) is 38.1 Å². The maximum Gasteiger partial charge on any atom is 0.135 e. The van der Waals surface area contributed by atoms with Gasteiger partial charge >= 0.3 is 0 Å². The van der Waals surface area contributed by atoms with E-state index in [-0.39, 0.29) is 0 Å². The lowest BCUT2D eigenvalue weighted by molar-refractivity contribution is 0.442. The molecule has 0 radical (unpaired) electrons. The number of hydrogen-bond acceptors (Lipinski definition) is 4. The average Bonchev–Trinajstić information content (AvgIpc) is 2.87. The summed E-state index contributed by atoms with van der Waals surface area (Å²) in [6, 6.07) is 0.586. The monoisotopic (exact) mass is 232 g/mol. The normalized spacial score (nSPS) is 23.5. The number of anilines is 1. The molecule has 1 unspecified atom stereocenters. The highest BCUT2D eigenvalue weighted by molar-refractivity contribution is 5.50. The summed E-state index contributed by atoms with van der Waals surface area (Å²) in [6.45, 7) is 2.24. The Bertz CT molecular complexity index is 398. The van der Waals surface area contributed by atoms with Crippen LogP contribution in [-0.2, 0) is 12.8 Å². The van der Waals surface area contributed by atoms with Gasteiger partial charge in [-0.25, -0.2) is 9.97 Å². The molecular formula is C13H20N4. The predicted molar refractivity (Wildman–Crippen MR) is 68.4 cm³/mol. The maximum absolute atomic E-state index is 4.51. The Morgan fingerprint density at radius 1 is 1.29 bits per heavy atom. The lowest BCUT2D eigenvalue weighted by Gasteiger charge is -2.33. The molecule has 1 aliphatic carbocycles. The summed E-state index contributed by atoms with van der Waals surface area (Å²) in [5.74, 6) is 1.17. The Hall–Kier alpha value is -1.16. The minimum absolute atomic E-state index is 0.586. The standard InChI is InChI=1S/C13H20N4/c1-17(10-4-3-7-14-8-10)13-11-5-2-6-12(11)15-9-16-13/h9-10,14H,2-8H2,1H3. The van der Waals surface area contributed by atoms with Gasteiger partial charge in [0.15, 0.2) is 0 Å². The lowest BCUT2D eigenvalue weighted by atomic mass is 10.1. The van der Waals surface area contributed by atoms with Gasteiger partial charge in [0.1, 0.15) is 12.1 Å². The molecule has 1 aromatic rings. The van der Waals surface area contributed by atoms with Gasteiger partial charge in [0, 0.05) is 30.9 Å². The Kier molecular flexibility index (Phi) is 2.97. The largest absolute Gasteiger partial charge is 0.355 e. The lowest BCUT2D eigenvalue weighted by Crippen LogP contribution is -2.44. The fraction of sp³-hybridized carbons (Fsp3) is 0.692. The summed E-state index contributed by atoms with van der Waals surface area (Å²) in [5, 5.41) is 3.47. The number of aryl methyl sites for hydroxylation is 1. The molecule has 0 saturated carbocycles. The van der Waals surface area contributed by atoms with Crippen molar-refractivity contribution >= 4 is 5.82 Å². The zero-order valence-electron chi connectivity index (χ0n) is 10.4. The van der Waals surface area contributed by atoms with Crippen LogP contribution in [-0.4, -0.2) is 36.1 Å². The van der Waals surface area contributed by atoms with Gasteiger partial charge in [-0.3, -0.25) is 0 Å². The van der Waals surface area contributed by atoms with Crippen LogP contribution in [0.1, 0.15) is 30.5 Å². The predicted octanol–water partition coefficient (Wildman–Crippen LogP) is 1.15. The first-order valence-corrected chi connectivity index (χ1v) is 6.62. The summed E-state index contributed by atoms with van der Waals surface area (Å²) >= 11 is 0. The van der Waals surface area contributed by atoms with Gasteiger partial charge in [0.25, 0.3) is 0 Å². The highest BCUT2D eigenvalue weighted by Crippen LogP contribution is 2.28. The van der Waals surface area contributed by atoms with E-state index < -0.39 is 0 Å². The molecule has 0 bridgehead atoms. The van der Waals surface area contributed by atoms with E-state index >= 15 is 0 Å². The first-order valence-electron chi connectivity index (χ1n) is 6.62. The molecule has 0 amide bonds. The zero-order chi connectivity index (χ0) is 11.7. The van der Waals surface area contributed by atoms with Crippen molar-refractivity contribution in [1.82, 2.24) is 15.3 Å². The Morgan fingerprint density at radius 2 is 2.24 bits per heavy atom. The molecule has 2 heterocycles. The number of piperidine rings is 1. The highest BCUT2D eigenvalue weighted by atomic mass is 15.2. The quantitative estimate of drug-likeness (QED) is 0.830. The van der Waals surface area contributed by atoms with E-state index in [9.17, 15) is 0 Å². The Balaban J connectivity index is 1.85. The number of likely N-dealkylation sites (N-methyl/N-ethyl adjacent to an activating group) is 1. The maximum atomic E-state index is 4.51. The van der Waals surface area contributed by atoms with E-state index in [4.69, 9.17) is 0 Å². The van der Waals surface area contributed by atoms with E-state index in [0.717, 1.165) is 25.9 Å². The summed E-state index contributed by atoms with van der Waals surface area (Å²) in [5.41, 5.74) is 2.66. The van der Waals surface area contributed by atoms with Crippen molar-refractivity contribution < 1.29 is 0 Å². The van der Waals surface area contributed by atoms with Crippen molar-refractivity contribution in [2.24, 2.45) is 0 Å². The molecular weight excluding hydrogens is 212 g/mol. The van der Waals surface area contributed by atoms with Gasteiger partial charge in [0.05, 0.1) is 0 Å². The van der Waals surface area contributed by atoms with Crippen LogP contribution in [0.25, 0.3) is 0 Å². The van der Waals surface area contributed by atoms with Gasteiger partial charge in [-0.2, -0.15) is 0 Å². The number of nitrogens with one attached hydrogen (secondary N) is 1. The van der Waals surface area contributed by atoms with Crippen LogP contribution in [0, 0.1) is 0 Å². The third-order valence-corrected chi connectivity index (χ3v) is 4.00. The highest BCUT2D eigenvalue weighted by Gasteiger charge is 2.24. The topological polar surface area (TPSA) is 41.1 Å². The molecule has 1 fully saturated rings. The number of rotatable bonds is 2. The second-order valence-electron chi connectivity index (χ2n) is 5.09. The van der Waals surface area contributed by atoms with Gasteiger partial charge in [0.2, 0.25) is 0 Å². The van der Waals surface area contributed by atoms with E-state index in [2.05, 4.69) is 27.2 Å². The number of nitrogens with zero attached hydrogens (tertiary/aromatic N) is 3. The molecule has 3 rings (SSSR count). The van der Waals surface area contributed by atoms with Crippen molar-refractivity contribution in [3.05, 3.63) is 17.6 Å². The number of aromatic nitrogens is 2. The fourth-order valence-corrected chi connectivity index (χ4v) is 2.98. The van der Waals surface area contributed by atoms with Gasteiger partial charge < -0.3 is 10.2 Å². The molecule has 0 spiro atoms. The Morgan fingerprint density at radius 3 is 3.06 bits per heavy atom. The summed E-state index contributed by atoms with van der Waals surface area (Å²) in [7, 11) is 2.18. The third kappa shape index (κ3) is 2.02. The van der Waals surface area contributed by atoms with E-state index in [1.807, 2.05) is 0 Å². The summed E-state index contributed by atoms with van der Waals surface area (Å²) in [6.07, 6.45) is 7.77. The van der Waals surface area contributed by atoms with Crippen LogP contribution in [0.2, 0.25) is 0 Å². The minimum Gasteiger partial charge on any atom is -0.355 e. The molecule has 2 aliphatic rings. The summed E-state index contributed by atoms with van der Waals surface area (Å²) in [4.78, 5) is 11.3. The molecule has 1 aromatic heterocycles. The van der Waals surface area contributed by atoms with Crippen LogP contribution in [0.3, 0.4) is 0 Å². The fourth-order valence-electron chi connectivity index (χ4n) is 2.98. The molecule has 1 atom stereocenters. The van der Waals surface area contributed by atoms with Crippen LogP contribution in [0.4, 0.5) is 5.82 Å². The smallest absolute Gasteiger partial charge is 0.135 e. The van der Waals surface area contributed by atoms with Crippen molar-refractivity contribution in [2.75, 3.05) is 25.0 Å². The second kappa shape index (κ2) is 4.61. The molecule has 4 heteroatoms. The van der Waals surface area contributed by atoms with E-state index in [0.29, 0.717) is 6.04 Å². The molecule has 0 aromatic carbocycles. The number of fused-ring (bicyclic) bond motifs is 1. The Labute approximate surface area is 102 Å². The van der Waals surface area contributed by atoms with Crippen molar-refractivity contribution in [1.29, 1.82) is 0 Å². The van der Waals surface area contributed by atoms with Crippen LogP contribution in [0.15, 0.2) is 6.33 Å². The van der Waals surface area contributed by atoms with E-state index in [1.165, 1.54) is 36.3 Å². The SMILES string of the molecule is CN(c1ncnc2c1CCC2)C1CCCNC1. The van der Waals surface area contributed by atoms with Crippen molar-refractivity contribution in [3.63, 3.8) is 0 Å². The van der Waals surface area contributed by atoms with Gasteiger partial charge in [-0.05, 0) is 38.6 Å². The average molecular weight is 232 g/mol. The minimum atomic E-state index is 0.586. The molecule has 1 aliphatic heterocycles. The zero-order valence-corrected chi connectivity index (χ0v) is 10.4. The molecule has 17 heavy (non-hydrogen) atoms.